The van der Waals surface area contributed by atoms with E-state index in [1.54, 1.807) is 0 Å². The third-order valence-electron chi connectivity index (χ3n) is 1.92. The maximum Gasteiger partial charge on any atom is 0.420 e. The average molecular weight is 249 g/mol. The summed E-state index contributed by atoms with van der Waals surface area (Å²) < 4.78 is 42.5. The van der Waals surface area contributed by atoms with E-state index in [0.717, 1.165) is 12.1 Å². The third-order valence-corrected chi connectivity index (χ3v) is 1.92. The van der Waals surface area contributed by atoms with Crippen LogP contribution in [0.25, 0.3) is 0 Å². The van der Waals surface area contributed by atoms with Crippen molar-refractivity contribution < 1.29 is 27.8 Å². The quantitative estimate of drug-likeness (QED) is 0.858. The Balaban J connectivity index is 3.07. The number of rotatable bonds is 4. The van der Waals surface area contributed by atoms with Gasteiger partial charge < -0.3 is 15.2 Å². The van der Waals surface area contributed by atoms with E-state index in [0.29, 0.717) is 0 Å². The highest BCUT2D eigenvalue weighted by atomic mass is 19.4. The summed E-state index contributed by atoms with van der Waals surface area (Å²) in [7, 11) is 1.48. The molecular weight excluding hydrogens is 239 g/mol. The lowest BCUT2D eigenvalue weighted by atomic mass is 10.1. The SMILES string of the molecule is CNc1ccc(OCC(=O)O)c(C(F)(F)F)c1. The van der Waals surface area contributed by atoms with Gasteiger partial charge in [-0.3, -0.25) is 0 Å². The van der Waals surface area contributed by atoms with E-state index in [9.17, 15) is 18.0 Å². The number of carboxylic acids is 1. The van der Waals surface area contributed by atoms with Gasteiger partial charge in [-0.2, -0.15) is 13.2 Å². The van der Waals surface area contributed by atoms with Crippen molar-refractivity contribution in [2.75, 3.05) is 19.0 Å². The third kappa shape index (κ3) is 3.54. The van der Waals surface area contributed by atoms with Crippen molar-refractivity contribution in [1.82, 2.24) is 0 Å². The summed E-state index contributed by atoms with van der Waals surface area (Å²) >= 11 is 0. The Labute approximate surface area is 95.0 Å². The standard InChI is InChI=1S/C10H10F3NO3/c1-14-6-2-3-8(17-5-9(15)16)7(4-6)10(11,12)13/h2-4,14H,5H2,1H3,(H,15,16). The monoisotopic (exact) mass is 249 g/mol. The number of hydrogen-bond donors (Lipinski definition) is 2. The van der Waals surface area contributed by atoms with Gasteiger partial charge in [0, 0.05) is 12.7 Å². The second-order valence-corrected chi connectivity index (χ2v) is 3.14. The number of halogens is 3. The van der Waals surface area contributed by atoms with Gasteiger partial charge in [-0.05, 0) is 18.2 Å². The van der Waals surface area contributed by atoms with Crippen LogP contribution in [0.5, 0.6) is 5.75 Å². The zero-order chi connectivity index (χ0) is 13.1. The summed E-state index contributed by atoms with van der Waals surface area (Å²) in [6.45, 7) is -0.817. The fourth-order valence-electron chi connectivity index (χ4n) is 1.17. The van der Waals surface area contributed by atoms with Crippen LogP contribution < -0.4 is 10.1 Å². The molecule has 0 aromatic heterocycles. The molecule has 1 aromatic carbocycles. The smallest absolute Gasteiger partial charge is 0.420 e. The van der Waals surface area contributed by atoms with Gasteiger partial charge in [0.2, 0.25) is 0 Å². The molecule has 0 heterocycles. The normalized spacial score (nSPS) is 11.1. The van der Waals surface area contributed by atoms with Gasteiger partial charge in [0.05, 0.1) is 5.56 Å². The number of hydrogen-bond acceptors (Lipinski definition) is 3. The Bertz CT molecular complexity index is 418. The highest BCUT2D eigenvalue weighted by Gasteiger charge is 2.34. The molecule has 7 heteroatoms. The van der Waals surface area contributed by atoms with Crippen LogP contribution >= 0.6 is 0 Å². The summed E-state index contributed by atoms with van der Waals surface area (Å²) in [4.78, 5) is 10.2. The number of alkyl halides is 3. The van der Waals surface area contributed by atoms with Crippen LogP contribution in [0.1, 0.15) is 5.56 Å². The Kier molecular flexibility index (Phi) is 3.82. The van der Waals surface area contributed by atoms with E-state index in [1.807, 2.05) is 0 Å². The van der Waals surface area contributed by atoms with Crippen molar-refractivity contribution in [2.45, 2.75) is 6.18 Å². The number of carboxylic acid groups (broad SMARTS) is 1. The molecule has 2 N–H and O–H groups in total. The van der Waals surface area contributed by atoms with Gasteiger partial charge in [0.25, 0.3) is 0 Å². The molecule has 4 nitrogen and oxygen atoms in total. The lowest BCUT2D eigenvalue weighted by Gasteiger charge is -2.14. The molecule has 0 fully saturated rings. The minimum atomic E-state index is -4.60. The highest BCUT2D eigenvalue weighted by molar-refractivity contribution is 5.68. The number of nitrogens with one attached hydrogen (secondary N) is 1. The second kappa shape index (κ2) is 4.94. The van der Waals surface area contributed by atoms with Gasteiger partial charge in [-0.25, -0.2) is 4.79 Å². The Morgan fingerprint density at radius 3 is 2.59 bits per heavy atom. The topological polar surface area (TPSA) is 58.6 Å². The van der Waals surface area contributed by atoms with Gasteiger partial charge >= 0.3 is 12.1 Å². The first kappa shape index (κ1) is 13.1. The van der Waals surface area contributed by atoms with Crippen LogP contribution in [-0.2, 0) is 11.0 Å². The van der Waals surface area contributed by atoms with Crippen molar-refractivity contribution in [3.05, 3.63) is 23.8 Å². The van der Waals surface area contributed by atoms with Crippen molar-refractivity contribution in [1.29, 1.82) is 0 Å². The molecule has 17 heavy (non-hydrogen) atoms. The Morgan fingerprint density at radius 2 is 2.12 bits per heavy atom. The van der Waals surface area contributed by atoms with E-state index >= 15 is 0 Å². The second-order valence-electron chi connectivity index (χ2n) is 3.14. The summed E-state index contributed by atoms with van der Waals surface area (Å²) in [5, 5.41) is 10.9. The van der Waals surface area contributed by atoms with Gasteiger partial charge in [0.1, 0.15) is 5.75 Å². The Hall–Kier alpha value is -1.92. The first-order chi connectivity index (χ1) is 7.84. The average Bonchev–Trinajstić information content (AvgIpc) is 2.24. The maximum absolute atomic E-state index is 12.6. The molecule has 0 atom stereocenters. The largest absolute Gasteiger partial charge is 0.481 e. The van der Waals surface area contributed by atoms with Crippen LogP contribution in [0.4, 0.5) is 18.9 Å². The molecule has 0 bridgehead atoms. The number of benzene rings is 1. The molecule has 0 saturated carbocycles. The van der Waals surface area contributed by atoms with Crippen LogP contribution in [-0.4, -0.2) is 24.7 Å². The van der Waals surface area contributed by atoms with Gasteiger partial charge in [0.15, 0.2) is 6.61 Å². The molecule has 0 radical (unpaired) electrons. The summed E-state index contributed by atoms with van der Waals surface area (Å²) in [5.41, 5.74) is -0.745. The van der Waals surface area contributed by atoms with E-state index in [2.05, 4.69) is 10.1 Å². The zero-order valence-electron chi connectivity index (χ0n) is 8.84. The van der Waals surface area contributed by atoms with Crippen molar-refractivity contribution >= 4 is 11.7 Å². The molecule has 94 valence electrons. The van der Waals surface area contributed by atoms with Gasteiger partial charge in [-0.1, -0.05) is 0 Å². The van der Waals surface area contributed by atoms with Crippen LogP contribution in [0.2, 0.25) is 0 Å². The van der Waals surface area contributed by atoms with E-state index in [4.69, 9.17) is 5.11 Å². The predicted octanol–water partition coefficient (Wildman–Crippen LogP) is 2.21. The number of carbonyl (C=O) groups is 1. The molecule has 0 spiro atoms. The van der Waals surface area contributed by atoms with Crippen LogP contribution in [0.15, 0.2) is 18.2 Å². The minimum Gasteiger partial charge on any atom is -0.481 e. The summed E-state index contributed by atoms with van der Waals surface area (Å²) in [6.07, 6.45) is -4.60. The summed E-state index contributed by atoms with van der Waals surface area (Å²) in [6, 6.07) is 3.31. The lowest BCUT2D eigenvalue weighted by molar-refractivity contribution is -0.143. The lowest BCUT2D eigenvalue weighted by Crippen LogP contribution is -2.14. The van der Waals surface area contributed by atoms with Crippen LogP contribution in [0, 0.1) is 0 Å². The maximum atomic E-state index is 12.6. The van der Waals surface area contributed by atoms with E-state index in [-0.39, 0.29) is 5.69 Å². The number of ether oxygens (including phenoxy) is 1. The molecule has 0 aliphatic heterocycles. The molecular formula is C10H10F3NO3. The first-order valence-corrected chi connectivity index (χ1v) is 4.58. The molecule has 1 rings (SSSR count). The summed E-state index contributed by atoms with van der Waals surface area (Å²) in [5.74, 6) is -1.84. The van der Waals surface area contributed by atoms with Crippen molar-refractivity contribution in [3.8, 4) is 5.75 Å². The van der Waals surface area contributed by atoms with Crippen molar-refractivity contribution in [3.63, 3.8) is 0 Å². The number of anilines is 1. The van der Waals surface area contributed by atoms with Crippen molar-refractivity contribution in [2.24, 2.45) is 0 Å². The molecule has 0 aliphatic rings. The minimum absolute atomic E-state index is 0.264. The molecule has 1 aromatic rings. The van der Waals surface area contributed by atoms with E-state index in [1.165, 1.54) is 13.1 Å². The molecule has 0 aliphatic carbocycles. The molecule has 0 unspecified atom stereocenters. The predicted molar refractivity (Wildman–Crippen MR) is 54.1 cm³/mol. The fourth-order valence-corrected chi connectivity index (χ4v) is 1.17. The zero-order valence-corrected chi connectivity index (χ0v) is 8.84. The molecule has 0 saturated heterocycles. The Morgan fingerprint density at radius 1 is 1.47 bits per heavy atom. The van der Waals surface area contributed by atoms with Gasteiger partial charge in [-0.15, -0.1) is 0 Å². The fraction of sp³-hybridized carbons (Fsp3) is 0.300. The van der Waals surface area contributed by atoms with Crippen LogP contribution in [0.3, 0.4) is 0 Å². The molecule has 0 amide bonds. The first-order valence-electron chi connectivity index (χ1n) is 4.58. The number of aliphatic carboxylic acids is 1. The highest BCUT2D eigenvalue weighted by Crippen LogP contribution is 2.37. The van der Waals surface area contributed by atoms with E-state index < -0.39 is 30.1 Å².